The van der Waals surface area contributed by atoms with Gasteiger partial charge in [0.2, 0.25) is 10.0 Å². The summed E-state index contributed by atoms with van der Waals surface area (Å²) in [6, 6.07) is 8.67. The number of rotatable bonds is 6. The molecule has 0 radical (unpaired) electrons. The monoisotopic (exact) mass is 271 g/mol. The van der Waals surface area contributed by atoms with Crippen LogP contribution in [-0.4, -0.2) is 24.7 Å². The van der Waals surface area contributed by atoms with Crippen LogP contribution in [0.3, 0.4) is 0 Å². The van der Waals surface area contributed by atoms with E-state index < -0.39 is 27.3 Å². The number of sulfonamides is 1. The molecule has 0 saturated carbocycles. The van der Waals surface area contributed by atoms with E-state index in [0.717, 1.165) is 12.5 Å². The van der Waals surface area contributed by atoms with Gasteiger partial charge < -0.3 is 5.11 Å². The van der Waals surface area contributed by atoms with Gasteiger partial charge in [-0.3, -0.25) is 4.79 Å². The van der Waals surface area contributed by atoms with E-state index in [4.69, 9.17) is 5.11 Å². The second-order valence-corrected chi connectivity index (χ2v) is 6.05. The largest absolute Gasteiger partial charge is 0.480 e. The minimum atomic E-state index is -3.87. The van der Waals surface area contributed by atoms with Gasteiger partial charge >= 0.3 is 5.97 Å². The molecule has 0 aromatic heterocycles. The molecule has 0 heterocycles. The summed E-state index contributed by atoms with van der Waals surface area (Å²) < 4.78 is 26.1. The van der Waals surface area contributed by atoms with Gasteiger partial charge in [-0.25, -0.2) is 13.1 Å². The van der Waals surface area contributed by atoms with Crippen molar-refractivity contribution < 1.29 is 18.3 Å². The maximum atomic E-state index is 11.8. The molecule has 5 nitrogen and oxygen atoms in total. The van der Waals surface area contributed by atoms with Gasteiger partial charge in [0.1, 0.15) is 0 Å². The first-order valence-electron chi connectivity index (χ1n) is 5.67. The van der Waals surface area contributed by atoms with Gasteiger partial charge in [0.25, 0.3) is 0 Å². The lowest BCUT2D eigenvalue weighted by Crippen LogP contribution is -2.39. The first-order chi connectivity index (χ1) is 8.38. The first-order valence-corrected chi connectivity index (χ1v) is 7.22. The van der Waals surface area contributed by atoms with Crippen molar-refractivity contribution >= 4 is 16.0 Å². The average Bonchev–Trinajstić information content (AvgIpc) is 2.36. The lowest BCUT2D eigenvalue weighted by atomic mass is 10.1. The zero-order valence-electron chi connectivity index (χ0n) is 10.3. The molecule has 0 saturated heterocycles. The predicted octanol–water partition coefficient (Wildman–Crippen LogP) is 1.53. The van der Waals surface area contributed by atoms with Crippen LogP contribution in [0.5, 0.6) is 0 Å². The van der Waals surface area contributed by atoms with E-state index in [2.05, 4.69) is 4.72 Å². The molecule has 0 bridgehead atoms. The zero-order chi connectivity index (χ0) is 13.8. The summed E-state index contributed by atoms with van der Waals surface area (Å²) in [5.41, 5.74) is 0.821. The van der Waals surface area contributed by atoms with E-state index in [-0.39, 0.29) is 0 Å². The fourth-order valence-corrected chi connectivity index (χ4v) is 2.67. The highest BCUT2D eigenvalue weighted by Gasteiger charge is 2.29. The molecule has 1 rings (SSSR count). The maximum absolute atomic E-state index is 11.8. The summed E-state index contributed by atoms with van der Waals surface area (Å²) in [6.07, 6.45) is 0.551. The summed E-state index contributed by atoms with van der Waals surface area (Å²) in [4.78, 5) is 10.7. The number of benzene rings is 1. The van der Waals surface area contributed by atoms with Crippen molar-refractivity contribution in [3.8, 4) is 0 Å². The molecule has 18 heavy (non-hydrogen) atoms. The van der Waals surface area contributed by atoms with E-state index in [1.165, 1.54) is 0 Å². The maximum Gasteiger partial charge on any atom is 0.323 e. The molecule has 0 aliphatic heterocycles. The Labute approximate surface area is 107 Å². The normalized spacial score (nSPS) is 15.0. The van der Waals surface area contributed by atoms with Crippen LogP contribution in [0.2, 0.25) is 0 Å². The van der Waals surface area contributed by atoms with Crippen molar-refractivity contribution in [3.05, 3.63) is 35.9 Å². The Kier molecular flexibility index (Phi) is 4.86. The molecule has 0 aliphatic carbocycles. The van der Waals surface area contributed by atoms with Gasteiger partial charge in [0, 0.05) is 6.04 Å². The molecule has 1 aromatic carbocycles. The minimum Gasteiger partial charge on any atom is -0.480 e. The van der Waals surface area contributed by atoms with Crippen molar-refractivity contribution in [3.63, 3.8) is 0 Å². The Morgan fingerprint density at radius 3 is 2.33 bits per heavy atom. The highest BCUT2D eigenvalue weighted by Crippen LogP contribution is 2.18. The summed E-state index contributed by atoms with van der Waals surface area (Å²) in [7, 11) is -3.87. The van der Waals surface area contributed by atoms with Crippen LogP contribution < -0.4 is 4.72 Å². The summed E-state index contributed by atoms with van der Waals surface area (Å²) in [5.74, 6) is -1.36. The quantitative estimate of drug-likeness (QED) is 0.822. The predicted molar refractivity (Wildman–Crippen MR) is 68.6 cm³/mol. The third-order valence-corrected chi connectivity index (χ3v) is 4.48. The van der Waals surface area contributed by atoms with Gasteiger partial charge in [-0.1, -0.05) is 37.3 Å². The number of hydrogen-bond acceptors (Lipinski definition) is 3. The summed E-state index contributed by atoms with van der Waals surface area (Å²) >= 11 is 0. The fourth-order valence-electron chi connectivity index (χ4n) is 1.51. The molecule has 0 fully saturated rings. The van der Waals surface area contributed by atoms with Gasteiger partial charge in [-0.15, -0.1) is 0 Å². The molecule has 1 aromatic rings. The van der Waals surface area contributed by atoms with E-state index in [1.54, 1.807) is 0 Å². The van der Waals surface area contributed by atoms with Crippen molar-refractivity contribution in [2.24, 2.45) is 0 Å². The number of nitrogens with one attached hydrogen (secondary N) is 1. The van der Waals surface area contributed by atoms with Crippen molar-refractivity contribution in [2.75, 3.05) is 0 Å². The minimum absolute atomic E-state index is 0.405. The van der Waals surface area contributed by atoms with Gasteiger partial charge in [-0.2, -0.15) is 0 Å². The smallest absolute Gasteiger partial charge is 0.323 e. The molecule has 2 N–H and O–H groups in total. The average molecular weight is 271 g/mol. The summed E-state index contributed by atoms with van der Waals surface area (Å²) in [6.45, 7) is 2.99. The van der Waals surface area contributed by atoms with Gasteiger partial charge in [0.05, 0.1) is 0 Å². The number of carboxylic acids is 1. The molecule has 0 amide bonds. The van der Waals surface area contributed by atoms with E-state index >= 15 is 0 Å². The van der Waals surface area contributed by atoms with Crippen LogP contribution in [0.15, 0.2) is 30.3 Å². The number of aliphatic carboxylic acids is 1. The highest BCUT2D eigenvalue weighted by atomic mass is 32.2. The van der Waals surface area contributed by atoms with Crippen LogP contribution in [0.4, 0.5) is 0 Å². The van der Waals surface area contributed by atoms with Crippen molar-refractivity contribution in [1.29, 1.82) is 0 Å². The topological polar surface area (TPSA) is 83.5 Å². The molecule has 0 spiro atoms. The van der Waals surface area contributed by atoms with Crippen LogP contribution in [0.25, 0.3) is 0 Å². The standard InChI is InChI=1S/C12H17NO4S/c1-3-11(10-7-5-4-6-8-10)13-18(16,17)9(2)12(14)15/h4-9,11,13H,3H2,1-2H3,(H,14,15). The second-order valence-electron chi connectivity index (χ2n) is 4.01. The van der Waals surface area contributed by atoms with Gasteiger partial charge in [-0.05, 0) is 18.9 Å². The van der Waals surface area contributed by atoms with Crippen LogP contribution in [0.1, 0.15) is 31.9 Å². The zero-order valence-corrected chi connectivity index (χ0v) is 11.1. The lowest BCUT2D eigenvalue weighted by Gasteiger charge is -2.19. The molecule has 6 heteroatoms. The number of hydrogen-bond donors (Lipinski definition) is 2. The molecular formula is C12H17NO4S. The highest BCUT2D eigenvalue weighted by molar-refractivity contribution is 7.90. The second kappa shape index (κ2) is 5.97. The number of carbonyl (C=O) groups is 1. The van der Waals surface area contributed by atoms with Crippen LogP contribution in [0, 0.1) is 0 Å². The summed E-state index contributed by atoms with van der Waals surface area (Å²) in [5, 5.41) is 7.29. The molecule has 100 valence electrons. The van der Waals surface area contributed by atoms with E-state index in [0.29, 0.717) is 6.42 Å². The molecule has 0 aliphatic rings. The lowest BCUT2D eigenvalue weighted by molar-refractivity contribution is -0.136. The van der Waals surface area contributed by atoms with Crippen LogP contribution >= 0.6 is 0 Å². The van der Waals surface area contributed by atoms with Crippen molar-refractivity contribution in [1.82, 2.24) is 4.72 Å². The third-order valence-electron chi connectivity index (χ3n) is 2.73. The molecule has 2 unspecified atom stereocenters. The Bertz CT molecular complexity index is 498. The Hall–Kier alpha value is -1.40. The molecular weight excluding hydrogens is 254 g/mol. The van der Waals surface area contributed by atoms with E-state index in [1.807, 2.05) is 37.3 Å². The fraction of sp³-hybridized carbons (Fsp3) is 0.417. The van der Waals surface area contributed by atoms with E-state index in [9.17, 15) is 13.2 Å². The Morgan fingerprint density at radius 2 is 1.89 bits per heavy atom. The third kappa shape index (κ3) is 3.54. The SMILES string of the molecule is CCC(NS(=O)(=O)C(C)C(=O)O)c1ccccc1. The van der Waals surface area contributed by atoms with Crippen molar-refractivity contribution in [2.45, 2.75) is 31.6 Å². The molecule has 2 atom stereocenters. The van der Waals surface area contributed by atoms with Gasteiger partial charge in [0.15, 0.2) is 5.25 Å². The Morgan fingerprint density at radius 1 is 1.33 bits per heavy atom. The van der Waals surface area contributed by atoms with Crippen LogP contribution in [-0.2, 0) is 14.8 Å². The first kappa shape index (κ1) is 14.7. The Balaban J connectivity index is 2.91. The number of carboxylic acid groups (broad SMARTS) is 1.